The highest BCUT2D eigenvalue weighted by atomic mass is 35.5. The quantitative estimate of drug-likeness (QED) is 0.300. The minimum atomic E-state index is -0.638. The van der Waals surface area contributed by atoms with Gasteiger partial charge in [-0.1, -0.05) is 29.3 Å². The minimum absolute atomic E-state index is 0.101. The number of nitrogens with one attached hydrogen (secondary N) is 2. The van der Waals surface area contributed by atoms with Gasteiger partial charge in [0.25, 0.3) is 5.56 Å². The van der Waals surface area contributed by atoms with E-state index in [1.807, 2.05) is 0 Å². The Bertz CT molecular complexity index is 1530. The molecule has 2 aliphatic rings. The third kappa shape index (κ3) is 3.29. The second kappa shape index (κ2) is 8.01. The number of ketones is 1. The van der Waals surface area contributed by atoms with Crippen LogP contribution in [0.1, 0.15) is 46.6 Å². The Hall–Kier alpha value is -3.01. The first-order chi connectivity index (χ1) is 16.8. The zero-order valence-electron chi connectivity index (χ0n) is 18.7. The number of carbonyl (C=O) groups excluding carboxylic acids is 1. The van der Waals surface area contributed by atoms with Gasteiger partial charge in [-0.15, -0.1) is 0 Å². The number of aromatic nitrogens is 5. The maximum Gasteiger partial charge on any atom is 0.272 e. The lowest BCUT2D eigenvalue weighted by Crippen LogP contribution is -2.73. The number of benzene rings is 1. The van der Waals surface area contributed by atoms with Crippen LogP contribution in [-0.2, 0) is 13.0 Å². The van der Waals surface area contributed by atoms with E-state index < -0.39 is 11.4 Å². The molecular weight excluding hydrogens is 494 g/mol. The molecule has 11 heteroatoms. The van der Waals surface area contributed by atoms with Crippen molar-refractivity contribution in [3.63, 3.8) is 0 Å². The van der Waals surface area contributed by atoms with E-state index in [4.69, 9.17) is 23.2 Å². The molecule has 6 rings (SSSR count). The molecule has 0 amide bonds. The van der Waals surface area contributed by atoms with Crippen LogP contribution in [0.15, 0.2) is 41.5 Å². The number of aromatic amines is 2. The predicted octanol–water partition coefficient (Wildman–Crippen LogP) is 3.92. The Labute approximate surface area is 209 Å². The smallest absolute Gasteiger partial charge is 0.272 e. The molecule has 2 fully saturated rings. The molecule has 0 saturated carbocycles. The molecule has 3 aromatic heterocycles. The fraction of sp³-hybridized carbons (Fsp3) is 0.333. The number of halogens is 3. The molecule has 0 radical (unpaired) electrons. The highest BCUT2D eigenvalue weighted by molar-refractivity contribution is 6.42. The number of hydrogen-bond donors (Lipinski definition) is 2. The molecule has 35 heavy (non-hydrogen) atoms. The van der Waals surface area contributed by atoms with Crippen molar-refractivity contribution in [2.24, 2.45) is 0 Å². The van der Waals surface area contributed by atoms with E-state index in [0.29, 0.717) is 28.7 Å². The average Bonchev–Trinajstić information content (AvgIpc) is 3.52. The van der Waals surface area contributed by atoms with Gasteiger partial charge in [0.15, 0.2) is 5.54 Å². The minimum Gasteiger partial charge on any atom is -0.326 e. The topological polar surface area (TPSA) is 95.9 Å². The summed E-state index contributed by atoms with van der Waals surface area (Å²) >= 11 is 12.5. The second-order valence-electron chi connectivity index (χ2n) is 9.53. The molecule has 0 bridgehead atoms. The number of Topliss-reactive ketones (excluding diaryl/α,β-unsaturated/α-hetero) is 1. The number of nitrogens with zero attached hydrogens (tertiary/aromatic N) is 4. The van der Waals surface area contributed by atoms with Gasteiger partial charge < -0.3 is 9.47 Å². The van der Waals surface area contributed by atoms with Crippen LogP contribution in [0.2, 0.25) is 10.2 Å². The van der Waals surface area contributed by atoms with Gasteiger partial charge in [-0.2, -0.15) is 15.4 Å². The molecule has 180 valence electrons. The van der Waals surface area contributed by atoms with E-state index in [9.17, 15) is 9.59 Å². The summed E-state index contributed by atoms with van der Waals surface area (Å²) in [4.78, 5) is 28.8. The van der Waals surface area contributed by atoms with Crippen molar-refractivity contribution in [2.75, 3.05) is 13.1 Å². The van der Waals surface area contributed by atoms with E-state index in [2.05, 4.69) is 20.4 Å². The molecule has 8 nitrogen and oxygen atoms in total. The summed E-state index contributed by atoms with van der Waals surface area (Å²) < 4.78 is 17.2. The number of rotatable bonds is 6. The van der Waals surface area contributed by atoms with Crippen LogP contribution in [-0.4, -0.2) is 53.7 Å². The van der Waals surface area contributed by atoms with Crippen molar-refractivity contribution < 1.29 is 13.7 Å². The number of H-pyrrole nitrogens is 2. The van der Waals surface area contributed by atoms with Crippen molar-refractivity contribution in [3.8, 4) is 0 Å². The molecule has 1 aromatic carbocycles. The highest BCUT2D eigenvalue weighted by Gasteiger charge is 2.67. The molecule has 2 atom stereocenters. The lowest BCUT2D eigenvalue weighted by Gasteiger charge is -2.56. The van der Waals surface area contributed by atoms with Crippen molar-refractivity contribution in [3.05, 3.63) is 85.5 Å². The second-order valence-corrected chi connectivity index (χ2v) is 10.3. The summed E-state index contributed by atoms with van der Waals surface area (Å²) in [6.07, 6.45) is 5.93. The first-order valence-electron chi connectivity index (χ1n) is 11.4. The van der Waals surface area contributed by atoms with E-state index >= 15 is 4.39 Å². The third-order valence-corrected chi connectivity index (χ3v) is 8.60. The van der Waals surface area contributed by atoms with Gasteiger partial charge in [0, 0.05) is 31.2 Å². The number of fused-ring (bicyclic) bond motifs is 2. The largest absolute Gasteiger partial charge is 0.326 e. The van der Waals surface area contributed by atoms with Gasteiger partial charge in [-0.25, -0.2) is 4.39 Å². The van der Waals surface area contributed by atoms with Gasteiger partial charge in [-0.3, -0.25) is 14.0 Å². The van der Waals surface area contributed by atoms with Crippen LogP contribution < -0.4 is 5.56 Å². The molecule has 4 aromatic rings. The van der Waals surface area contributed by atoms with Crippen molar-refractivity contribution in [1.82, 2.24) is 24.8 Å². The van der Waals surface area contributed by atoms with Crippen LogP contribution in [0, 0.1) is 5.82 Å². The lowest BCUT2D eigenvalue weighted by molar-refractivity contribution is -1.00. The Kier molecular flexibility index (Phi) is 5.14. The molecule has 0 aliphatic carbocycles. The van der Waals surface area contributed by atoms with Crippen molar-refractivity contribution in [1.29, 1.82) is 0 Å². The normalized spacial score (nSPS) is 23.4. The van der Waals surface area contributed by atoms with E-state index in [-0.39, 0.29) is 27.1 Å². The standard InChI is InChI=1S/C24H21Cl2FN6O2/c25-18-10-20-23(35)28-12-16(32(20)22(18)26)8-14-2-3-19(27)17(9-14)21(34)24-4-1-6-33(24,7-5-24)13-15-11-29-31-30-15/h2-3,9-12H,1,4-8,13H2,(H-,28,29,30,31,35)/p+1. The van der Waals surface area contributed by atoms with E-state index in [1.165, 1.54) is 12.1 Å². The Morgan fingerprint density at radius 3 is 2.83 bits per heavy atom. The van der Waals surface area contributed by atoms with Crippen molar-refractivity contribution in [2.45, 2.75) is 37.8 Å². The van der Waals surface area contributed by atoms with E-state index in [0.717, 1.165) is 43.6 Å². The average molecular weight is 516 g/mol. The predicted molar refractivity (Wildman–Crippen MR) is 128 cm³/mol. The van der Waals surface area contributed by atoms with Crippen LogP contribution in [0.25, 0.3) is 5.52 Å². The fourth-order valence-corrected chi connectivity index (χ4v) is 6.50. The first-order valence-corrected chi connectivity index (χ1v) is 12.2. The van der Waals surface area contributed by atoms with Crippen LogP contribution >= 0.6 is 23.2 Å². The molecule has 0 spiro atoms. The molecule has 2 aliphatic heterocycles. The van der Waals surface area contributed by atoms with Gasteiger partial charge in [-0.05, 0) is 23.8 Å². The van der Waals surface area contributed by atoms with Crippen LogP contribution in [0.4, 0.5) is 4.39 Å². The van der Waals surface area contributed by atoms with Crippen molar-refractivity contribution >= 4 is 34.5 Å². The Morgan fingerprint density at radius 2 is 2.09 bits per heavy atom. The molecule has 5 heterocycles. The maximum atomic E-state index is 15.1. The third-order valence-electron chi connectivity index (χ3n) is 7.84. The fourth-order valence-electron chi connectivity index (χ4n) is 6.06. The molecule has 2 N–H and O–H groups in total. The number of quaternary nitrogens is 1. The Morgan fingerprint density at radius 1 is 1.23 bits per heavy atom. The zero-order valence-corrected chi connectivity index (χ0v) is 20.2. The highest BCUT2D eigenvalue weighted by Crippen LogP contribution is 2.51. The summed E-state index contributed by atoms with van der Waals surface area (Å²) in [6.45, 7) is 2.33. The van der Waals surface area contributed by atoms with Gasteiger partial charge >= 0.3 is 0 Å². The monoisotopic (exact) mass is 515 g/mol. The molecule has 2 saturated heterocycles. The van der Waals surface area contributed by atoms with Gasteiger partial charge in [0.05, 0.1) is 36.3 Å². The van der Waals surface area contributed by atoms with Gasteiger partial charge in [0.2, 0.25) is 5.78 Å². The summed E-state index contributed by atoms with van der Waals surface area (Å²) in [5.74, 6) is -0.683. The van der Waals surface area contributed by atoms with E-state index in [1.54, 1.807) is 28.9 Å². The summed E-state index contributed by atoms with van der Waals surface area (Å²) in [7, 11) is 0. The summed E-state index contributed by atoms with van der Waals surface area (Å²) in [5.41, 5.74) is 1.68. The van der Waals surface area contributed by atoms with Crippen LogP contribution in [0.5, 0.6) is 0 Å². The number of hydrogen-bond acceptors (Lipinski definition) is 4. The lowest BCUT2D eigenvalue weighted by atomic mass is 9.75. The Balaban J connectivity index is 1.36. The first kappa shape index (κ1) is 22.5. The molecule has 2 unspecified atom stereocenters. The van der Waals surface area contributed by atoms with Gasteiger partial charge in [0.1, 0.15) is 28.7 Å². The van der Waals surface area contributed by atoms with Crippen LogP contribution in [0.3, 0.4) is 0 Å². The molecular formula is C24H22Cl2FN6O2+. The SMILES string of the molecule is O=C(c1cc(Cc2c[nH]c(=O)c3cc(Cl)c(Cl)n23)ccc1F)C12CCC[N+]1(Cc1cn[nH]n1)CC2. The summed E-state index contributed by atoms with van der Waals surface area (Å²) in [5, 5.41) is 11.2. The maximum absolute atomic E-state index is 15.1. The zero-order chi connectivity index (χ0) is 24.4. The summed E-state index contributed by atoms with van der Waals surface area (Å²) in [6, 6.07) is 6.12. The number of carbonyl (C=O) groups is 1.